The number of nitrogens with zero attached hydrogens (tertiary/aromatic N) is 1. The summed E-state index contributed by atoms with van der Waals surface area (Å²) in [5.74, 6) is -1.81. The fourth-order valence-electron chi connectivity index (χ4n) is 1.63. The second-order valence-corrected chi connectivity index (χ2v) is 3.88. The molecule has 0 radical (unpaired) electrons. The van der Waals surface area contributed by atoms with Crippen LogP contribution in [0, 0.1) is 12.7 Å². The van der Waals surface area contributed by atoms with Crippen molar-refractivity contribution in [2.24, 2.45) is 0 Å². The van der Waals surface area contributed by atoms with E-state index < -0.39 is 11.8 Å². The molecule has 0 bridgehead atoms. The number of hydrogen-bond acceptors (Lipinski definition) is 2. The van der Waals surface area contributed by atoms with Gasteiger partial charge in [0.2, 0.25) is 0 Å². The molecule has 88 valence electrons. The van der Waals surface area contributed by atoms with Crippen LogP contribution in [-0.4, -0.2) is 21.3 Å². The molecule has 17 heavy (non-hydrogen) atoms. The van der Waals surface area contributed by atoms with Gasteiger partial charge in [-0.1, -0.05) is 17.7 Å². The zero-order chi connectivity index (χ0) is 12.6. The summed E-state index contributed by atoms with van der Waals surface area (Å²) in [5, 5.41) is 15.3. The van der Waals surface area contributed by atoms with Crippen molar-refractivity contribution >= 4 is 17.6 Å². The number of carboxylic acids is 1. The third-order valence-electron chi connectivity index (χ3n) is 2.36. The van der Waals surface area contributed by atoms with Crippen LogP contribution in [0.5, 0.6) is 0 Å². The first-order valence-corrected chi connectivity index (χ1v) is 5.12. The summed E-state index contributed by atoms with van der Waals surface area (Å²) in [5.41, 5.74) is 0.447. The summed E-state index contributed by atoms with van der Waals surface area (Å²) in [6.07, 6.45) is 0. The lowest BCUT2D eigenvalue weighted by Gasteiger charge is -2.05. The first-order valence-electron chi connectivity index (χ1n) is 4.75. The standard InChI is InChI=1S/C11H8ClFN2O2/c1-5-8(10(11(16)17)15-14-5)9-6(12)3-2-4-7(9)13/h2-4H,1H3,(H,14,15)(H,16,17). The minimum absolute atomic E-state index is 0.0535. The van der Waals surface area contributed by atoms with Crippen LogP contribution < -0.4 is 0 Å². The largest absolute Gasteiger partial charge is 0.476 e. The number of halogens is 2. The monoisotopic (exact) mass is 254 g/mol. The fraction of sp³-hybridized carbons (Fsp3) is 0.0909. The number of aromatic nitrogens is 2. The Balaban J connectivity index is 2.76. The Bertz CT molecular complexity index is 575. The maximum Gasteiger partial charge on any atom is 0.357 e. The van der Waals surface area contributed by atoms with Crippen LogP contribution in [0.2, 0.25) is 5.02 Å². The molecule has 1 aromatic heterocycles. The lowest BCUT2D eigenvalue weighted by molar-refractivity contribution is 0.0691. The maximum atomic E-state index is 13.7. The molecule has 2 aromatic rings. The highest BCUT2D eigenvalue weighted by molar-refractivity contribution is 6.33. The van der Waals surface area contributed by atoms with Gasteiger partial charge in [-0.05, 0) is 19.1 Å². The van der Waals surface area contributed by atoms with E-state index in [1.54, 1.807) is 6.92 Å². The molecule has 0 spiro atoms. The van der Waals surface area contributed by atoms with E-state index in [9.17, 15) is 9.18 Å². The Kier molecular flexibility index (Phi) is 2.85. The van der Waals surface area contributed by atoms with Crippen molar-refractivity contribution in [3.05, 3.63) is 40.4 Å². The molecule has 0 aliphatic carbocycles. The number of aromatic amines is 1. The third kappa shape index (κ3) is 1.89. The highest BCUT2D eigenvalue weighted by Crippen LogP contribution is 2.34. The predicted molar refractivity (Wildman–Crippen MR) is 60.7 cm³/mol. The summed E-state index contributed by atoms with van der Waals surface area (Å²) in [6, 6.07) is 4.17. The Morgan fingerprint density at radius 2 is 2.18 bits per heavy atom. The van der Waals surface area contributed by atoms with Gasteiger partial charge >= 0.3 is 5.97 Å². The van der Waals surface area contributed by atoms with Crippen molar-refractivity contribution in [1.29, 1.82) is 0 Å². The van der Waals surface area contributed by atoms with E-state index in [0.717, 1.165) is 0 Å². The summed E-state index contributed by atoms with van der Waals surface area (Å²) < 4.78 is 13.7. The average Bonchev–Trinajstić information content (AvgIpc) is 2.61. The lowest BCUT2D eigenvalue weighted by atomic mass is 10.0. The molecule has 0 amide bonds. The first-order chi connectivity index (χ1) is 8.02. The Morgan fingerprint density at radius 3 is 2.76 bits per heavy atom. The molecular weight excluding hydrogens is 247 g/mol. The van der Waals surface area contributed by atoms with E-state index >= 15 is 0 Å². The summed E-state index contributed by atoms with van der Waals surface area (Å²) in [6.45, 7) is 1.61. The highest BCUT2D eigenvalue weighted by Gasteiger charge is 2.22. The van der Waals surface area contributed by atoms with Gasteiger partial charge in [-0.3, -0.25) is 5.10 Å². The van der Waals surface area contributed by atoms with E-state index in [1.165, 1.54) is 18.2 Å². The number of benzene rings is 1. The van der Waals surface area contributed by atoms with Gasteiger partial charge in [0.15, 0.2) is 5.69 Å². The van der Waals surface area contributed by atoms with Gasteiger partial charge in [-0.15, -0.1) is 0 Å². The SMILES string of the molecule is Cc1[nH]nc(C(=O)O)c1-c1c(F)cccc1Cl. The van der Waals surface area contributed by atoms with Gasteiger partial charge in [-0.2, -0.15) is 5.10 Å². The summed E-state index contributed by atoms with van der Waals surface area (Å²) in [4.78, 5) is 11.0. The molecule has 2 N–H and O–H groups in total. The van der Waals surface area contributed by atoms with Crippen LogP contribution in [0.3, 0.4) is 0 Å². The van der Waals surface area contributed by atoms with E-state index in [0.29, 0.717) is 5.69 Å². The van der Waals surface area contributed by atoms with E-state index in [2.05, 4.69) is 10.2 Å². The van der Waals surface area contributed by atoms with Crippen molar-refractivity contribution in [3.8, 4) is 11.1 Å². The van der Waals surface area contributed by atoms with Crippen molar-refractivity contribution in [1.82, 2.24) is 10.2 Å². The van der Waals surface area contributed by atoms with E-state index in [4.69, 9.17) is 16.7 Å². The summed E-state index contributed by atoms with van der Waals surface area (Å²) >= 11 is 5.89. The lowest BCUT2D eigenvalue weighted by Crippen LogP contribution is -2.00. The average molecular weight is 255 g/mol. The van der Waals surface area contributed by atoms with Crippen LogP contribution in [0.15, 0.2) is 18.2 Å². The van der Waals surface area contributed by atoms with Crippen LogP contribution in [-0.2, 0) is 0 Å². The van der Waals surface area contributed by atoms with Crippen molar-refractivity contribution in [2.45, 2.75) is 6.92 Å². The van der Waals surface area contributed by atoms with E-state index in [-0.39, 0.29) is 21.8 Å². The Labute approximate surface area is 101 Å². The molecule has 2 rings (SSSR count). The number of aromatic carboxylic acids is 1. The molecule has 0 saturated heterocycles. The highest BCUT2D eigenvalue weighted by atomic mass is 35.5. The molecule has 4 nitrogen and oxygen atoms in total. The number of hydrogen-bond donors (Lipinski definition) is 2. The number of carbonyl (C=O) groups is 1. The second kappa shape index (κ2) is 4.18. The van der Waals surface area contributed by atoms with Gasteiger partial charge in [0.05, 0.1) is 5.02 Å². The Hall–Kier alpha value is -1.88. The maximum absolute atomic E-state index is 13.7. The minimum atomic E-state index is -1.23. The van der Waals surface area contributed by atoms with Crippen molar-refractivity contribution < 1.29 is 14.3 Å². The molecule has 0 aliphatic rings. The normalized spacial score (nSPS) is 10.5. The van der Waals surface area contributed by atoms with Gasteiger partial charge in [-0.25, -0.2) is 9.18 Å². The molecule has 1 heterocycles. The molecule has 0 atom stereocenters. The first kappa shape index (κ1) is 11.6. The molecule has 0 fully saturated rings. The zero-order valence-corrected chi connectivity index (χ0v) is 9.55. The smallest absolute Gasteiger partial charge is 0.357 e. The predicted octanol–water partition coefficient (Wildman–Crippen LogP) is 2.88. The van der Waals surface area contributed by atoms with Crippen molar-refractivity contribution in [3.63, 3.8) is 0 Å². The number of aryl methyl sites for hydroxylation is 1. The van der Waals surface area contributed by atoms with Crippen LogP contribution in [0.25, 0.3) is 11.1 Å². The molecule has 0 saturated carbocycles. The zero-order valence-electron chi connectivity index (χ0n) is 8.79. The van der Waals surface area contributed by atoms with Crippen molar-refractivity contribution in [2.75, 3.05) is 0 Å². The molecule has 0 unspecified atom stereocenters. The number of rotatable bonds is 2. The van der Waals surface area contributed by atoms with Gasteiger partial charge in [0.1, 0.15) is 5.82 Å². The number of carboxylic acid groups (broad SMARTS) is 1. The van der Waals surface area contributed by atoms with E-state index in [1.807, 2.05) is 0 Å². The number of nitrogens with one attached hydrogen (secondary N) is 1. The van der Waals surface area contributed by atoms with Crippen LogP contribution >= 0.6 is 11.6 Å². The van der Waals surface area contributed by atoms with Crippen LogP contribution in [0.4, 0.5) is 4.39 Å². The van der Waals surface area contributed by atoms with Gasteiger partial charge in [0.25, 0.3) is 0 Å². The van der Waals surface area contributed by atoms with Gasteiger partial charge in [0, 0.05) is 16.8 Å². The quantitative estimate of drug-likeness (QED) is 0.866. The molecule has 0 aliphatic heterocycles. The van der Waals surface area contributed by atoms with Crippen LogP contribution in [0.1, 0.15) is 16.2 Å². The molecular formula is C11H8ClFN2O2. The third-order valence-corrected chi connectivity index (χ3v) is 2.68. The molecule has 1 aromatic carbocycles. The fourth-order valence-corrected chi connectivity index (χ4v) is 1.88. The molecule has 6 heteroatoms. The number of H-pyrrole nitrogens is 1. The second-order valence-electron chi connectivity index (χ2n) is 3.47. The van der Waals surface area contributed by atoms with Gasteiger partial charge < -0.3 is 5.11 Å². The Morgan fingerprint density at radius 1 is 1.47 bits per heavy atom. The summed E-state index contributed by atoms with van der Waals surface area (Å²) in [7, 11) is 0. The minimum Gasteiger partial charge on any atom is -0.476 e. The topological polar surface area (TPSA) is 66.0 Å².